The molecule has 1 fully saturated rings. The second-order valence-corrected chi connectivity index (χ2v) is 7.24. The highest BCUT2D eigenvalue weighted by molar-refractivity contribution is 5.81. The summed E-state index contributed by atoms with van der Waals surface area (Å²) in [5.41, 5.74) is 0.404. The number of benzene rings is 1. The summed E-state index contributed by atoms with van der Waals surface area (Å²) < 4.78 is 41.7. The van der Waals surface area contributed by atoms with Gasteiger partial charge in [-0.3, -0.25) is 4.79 Å². The quantitative estimate of drug-likeness (QED) is 0.691. The average molecular weight is 387 g/mol. The fraction of sp³-hybridized carbons (Fsp3) is 0.650. The second kappa shape index (κ2) is 9.97. The molecule has 1 aliphatic rings. The summed E-state index contributed by atoms with van der Waals surface area (Å²) in [5.74, 6) is -1.43. The molecule has 4 nitrogen and oxygen atoms in total. The normalized spacial score (nSPS) is 17.6. The molecule has 1 saturated carbocycles. The molecular weight excluding hydrogens is 359 g/mol. The topological polar surface area (TPSA) is 58.6 Å². The molecule has 0 aliphatic heterocycles. The Hall–Kier alpha value is -1.76. The molecule has 1 aromatic carbocycles. The lowest BCUT2D eigenvalue weighted by molar-refractivity contribution is -0.173. The molecule has 0 saturated heterocycles. The summed E-state index contributed by atoms with van der Waals surface area (Å²) in [6.07, 6.45) is 3.93. The lowest BCUT2D eigenvalue weighted by Gasteiger charge is -2.30. The van der Waals surface area contributed by atoms with E-state index in [4.69, 9.17) is 4.74 Å². The van der Waals surface area contributed by atoms with Crippen molar-refractivity contribution in [2.45, 2.75) is 69.6 Å². The van der Waals surface area contributed by atoms with Crippen LogP contribution in [0.15, 0.2) is 24.3 Å². The van der Waals surface area contributed by atoms with E-state index < -0.39 is 17.7 Å². The van der Waals surface area contributed by atoms with Crippen LogP contribution in [-0.4, -0.2) is 35.9 Å². The molecule has 1 amide bonds. The van der Waals surface area contributed by atoms with E-state index in [0.717, 1.165) is 37.7 Å². The number of halogens is 3. The van der Waals surface area contributed by atoms with Gasteiger partial charge in [0.25, 0.3) is 0 Å². The van der Waals surface area contributed by atoms with E-state index in [1.807, 2.05) is 18.2 Å². The van der Waals surface area contributed by atoms with Gasteiger partial charge in [-0.15, -0.1) is 0 Å². The highest BCUT2D eigenvalue weighted by atomic mass is 19.4. The first-order chi connectivity index (χ1) is 12.8. The zero-order valence-corrected chi connectivity index (χ0v) is 15.5. The first-order valence-corrected chi connectivity index (χ1v) is 9.58. The SMILES string of the molecule is O=C(NCCOc1cccc(CCC2(O)CCCCCCC2)c1)C(F)(F)F. The third kappa shape index (κ3) is 7.79. The van der Waals surface area contributed by atoms with E-state index in [-0.39, 0.29) is 13.2 Å². The molecule has 0 heterocycles. The lowest BCUT2D eigenvalue weighted by Crippen LogP contribution is -2.38. The van der Waals surface area contributed by atoms with Crippen molar-refractivity contribution < 1.29 is 27.8 Å². The summed E-state index contributed by atoms with van der Waals surface area (Å²) >= 11 is 0. The smallest absolute Gasteiger partial charge is 0.471 e. The monoisotopic (exact) mass is 387 g/mol. The standard InChI is InChI=1S/C20H28F3NO3/c21-20(22,23)18(25)24-13-14-27-17-8-6-7-16(15-17)9-12-19(26)10-4-2-1-3-5-11-19/h6-8,15,26H,1-5,9-14H2,(H,24,25). The van der Waals surface area contributed by atoms with Gasteiger partial charge in [0.1, 0.15) is 12.4 Å². The molecule has 0 atom stereocenters. The van der Waals surface area contributed by atoms with Crippen LogP contribution in [0.5, 0.6) is 5.75 Å². The zero-order valence-electron chi connectivity index (χ0n) is 15.5. The molecule has 0 bridgehead atoms. The third-order valence-electron chi connectivity index (χ3n) is 4.98. The first-order valence-electron chi connectivity index (χ1n) is 9.58. The van der Waals surface area contributed by atoms with E-state index in [2.05, 4.69) is 0 Å². The van der Waals surface area contributed by atoms with Gasteiger partial charge in [0.05, 0.1) is 12.1 Å². The summed E-state index contributed by atoms with van der Waals surface area (Å²) in [6.45, 7) is -0.266. The number of ether oxygens (including phenoxy) is 1. The van der Waals surface area contributed by atoms with Gasteiger partial charge in [0.2, 0.25) is 0 Å². The number of aryl methyl sites for hydroxylation is 1. The Labute approximate surface area is 158 Å². The van der Waals surface area contributed by atoms with E-state index in [1.54, 1.807) is 11.4 Å². The zero-order chi connectivity index (χ0) is 19.8. The summed E-state index contributed by atoms with van der Waals surface area (Å²) in [4.78, 5) is 10.7. The number of hydrogen-bond acceptors (Lipinski definition) is 3. The summed E-state index contributed by atoms with van der Waals surface area (Å²) in [6, 6.07) is 7.32. The molecule has 7 heteroatoms. The van der Waals surface area contributed by atoms with Gasteiger partial charge in [-0.2, -0.15) is 13.2 Å². The highest BCUT2D eigenvalue weighted by Crippen LogP contribution is 2.30. The molecule has 1 aliphatic carbocycles. The van der Waals surface area contributed by atoms with Crippen molar-refractivity contribution in [3.05, 3.63) is 29.8 Å². The van der Waals surface area contributed by atoms with Crippen molar-refractivity contribution in [1.29, 1.82) is 0 Å². The molecule has 152 valence electrons. The maximum Gasteiger partial charge on any atom is 0.471 e. The van der Waals surface area contributed by atoms with E-state index in [1.165, 1.54) is 19.3 Å². The van der Waals surface area contributed by atoms with Gasteiger partial charge in [-0.25, -0.2) is 0 Å². The number of aliphatic hydroxyl groups is 1. The second-order valence-electron chi connectivity index (χ2n) is 7.24. The van der Waals surface area contributed by atoms with E-state index in [9.17, 15) is 23.1 Å². The van der Waals surface area contributed by atoms with Gasteiger partial charge < -0.3 is 15.2 Å². The molecule has 0 radical (unpaired) electrons. The van der Waals surface area contributed by atoms with Gasteiger partial charge in [-0.1, -0.05) is 44.2 Å². The van der Waals surface area contributed by atoms with Crippen molar-refractivity contribution in [2.75, 3.05) is 13.2 Å². The maximum atomic E-state index is 12.1. The van der Waals surface area contributed by atoms with Gasteiger partial charge in [0.15, 0.2) is 0 Å². The third-order valence-corrected chi connectivity index (χ3v) is 4.98. The number of hydrogen-bond donors (Lipinski definition) is 2. The van der Waals surface area contributed by atoms with Gasteiger partial charge in [0, 0.05) is 0 Å². The van der Waals surface area contributed by atoms with Crippen LogP contribution < -0.4 is 10.1 Å². The van der Waals surface area contributed by atoms with Crippen molar-refractivity contribution in [2.24, 2.45) is 0 Å². The Kier molecular flexibility index (Phi) is 7.95. The Bertz CT molecular complexity index is 596. The van der Waals surface area contributed by atoms with Crippen LogP contribution in [0.2, 0.25) is 0 Å². The summed E-state index contributed by atoms with van der Waals surface area (Å²) in [5, 5.41) is 12.6. The van der Waals surface area contributed by atoms with E-state index in [0.29, 0.717) is 12.2 Å². The Morgan fingerprint density at radius 3 is 2.48 bits per heavy atom. The number of carbonyl (C=O) groups is 1. The fourth-order valence-corrected chi connectivity index (χ4v) is 3.41. The Morgan fingerprint density at radius 2 is 1.81 bits per heavy atom. The van der Waals surface area contributed by atoms with Crippen LogP contribution in [0.25, 0.3) is 0 Å². The van der Waals surface area contributed by atoms with Crippen LogP contribution in [0, 0.1) is 0 Å². The molecule has 0 aromatic heterocycles. The van der Waals surface area contributed by atoms with Crippen LogP contribution >= 0.6 is 0 Å². The highest BCUT2D eigenvalue weighted by Gasteiger charge is 2.38. The largest absolute Gasteiger partial charge is 0.492 e. The van der Waals surface area contributed by atoms with Crippen molar-refractivity contribution in [3.8, 4) is 5.75 Å². The van der Waals surface area contributed by atoms with Gasteiger partial charge in [-0.05, 0) is 43.4 Å². The number of nitrogens with one attached hydrogen (secondary N) is 1. The fourth-order valence-electron chi connectivity index (χ4n) is 3.41. The molecule has 27 heavy (non-hydrogen) atoms. The average Bonchev–Trinajstić information content (AvgIpc) is 2.60. The molecular formula is C20H28F3NO3. The predicted octanol–water partition coefficient (Wildman–Crippen LogP) is 4.15. The Morgan fingerprint density at radius 1 is 1.15 bits per heavy atom. The van der Waals surface area contributed by atoms with Crippen molar-refractivity contribution in [3.63, 3.8) is 0 Å². The molecule has 2 N–H and O–H groups in total. The minimum Gasteiger partial charge on any atom is -0.492 e. The number of amides is 1. The predicted molar refractivity (Wildman–Crippen MR) is 96.6 cm³/mol. The van der Waals surface area contributed by atoms with Crippen molar-refractivity contribution >= 4 is 5.91 Å². The molecule has 1 aromatic rings. The Balaban J connectivity index is 1.78. The number of rotatable bonds is 7. The van der Waals surface area contributed by atoms with Gasteiger partial charge >= 0.3 is 12.1 Å². The van der Waals surface area contributed by atoms with Crippen LogP contribution in [-0.2, 0) is 11.2 Å². The van der Waals surface area contributed by atoms with Crippen LogP contribution in [0.3, 0.4) is 0 Å². The molecule has 0 spiro atoms. The first kappa shape index (κ1) is 21.5. The van der Waals surface area contributed by atoms with E-state index >= 15 is 0 Å². The lowest BCUT2D eigenvalue weighted by atomic mass is 9.83. The maximum absolute atomic E-state index is 12.1. The van der Waals surface area contributed by atoms with Crippen LogP contribution in [0.1, 0.15) is 56.9 Å². The molecule has 0 unspecified atom stereocenters. The van der Waals surface area contributed by atoms with Crippen LogP contribution in [0.4, 0.5) is 13.2 Å². The minimum absolute atomic E-state index is 0.0464. The number of carbonyl (C=O) groups excluding carboxylic acids is 1. The van der Waals surface area contributed by atoms with Crippen molar-refractivity contribution in [1.82, 2.24) is 5.32 Å². The molecule has 2 rings (SSSR count). The number of alkyl halides is 3. The minimum atomic E-state index is -4.88. The summed E-state index contributed by atoms with van der Waals surface area (Å²) in [7, 11) is 0.